The summed E-state index contributed by atoms with van der Waals surface area (Å²) in [7, 11) is 0. The van der Waals surface area contributed by atoms with Crippen LogP contribution in [0.5, 0.6) is 0 Å². The molecule has 0 bridgehead atoms. The summed E-state index contributed by atoms with van der Waals surface area (Å²) in [4.78, 5) is 16.2. The molecule has 11 aromatic carbocycles. The number of hydrogen-bond donors (Lipinski definition) is 0. The van der Waals surface area contributed by atoms with Crippen LogP contribution in [0.2, 0.25) is 0 Å². The number of nitrogens with zero attached hydrogens (tertiary/aromatic N) is 5. The maximum Gasteiger partial charge on any atom is 0.238 e. The van der Waals surface area contributed by atoms with Crippen LogP contribution in [0.15, 0.2) is 224 Å². The van der Waals surface area contributed by atoms with Crippen molar-refractivity contribution in [2.75, 3.05) is 0 Å². The second-order valence-electron chi connectivity index (χ2n) is 19.5. The molecule has 15 rings (SSSR count). The van der Waals surface area contributed by atoms with Crippen LogP contribution in [0.25, 0.3) is 133 Å². The van der Waals surface area contributed by atoms with Crippen molar-refractivity contribution in [3.05, 3.63) is 236 Å². The summed E-state index contributed by atoms with van der Waals surface area (Å²) in [6, 6.07) is 81.4. The lowest BCUT2D eigenvalue weighted by Gasteiger charge is -2.24. The number of rotatable bonds is 5. The van der Waals surface area contributed by atoms with Gasteiger partial charge in [0.2, 0.25) is 5.95 Å². The predicted molar refractivity (Wildman–Crippen MR) is 295 cm³/mol. The van der Waals surface area contributed by atoms with E-state index in [0.717, 1.165) is 49.7 Å². The van der Waals surface area contributed by atoms with Crippen molar-refractivity contribution in [2.24, 2.45) is 0 Å². The normalized spacial score (nSPS) is 13.0. The van der Waals surface area contributed by atoms with E-state index in [2.05, 4.69) is 229 Å². The van der Waals surface area contributed by atoms with E-state index in [9.17, 15) is 0 Å². The monoisotopic (exact) mass is 905 g/mol. The fourth-order valence-corrected chi connectivity index (χ4v) is 12.2. The van der Waals surface area contributed by atoms with E-state index >= 15 is 0 Å². The standard InChI is InChI=1S/C66H43N5/c1-66(2)57-28-13-10-23-49(57)52-26-16-27-53(62(52)66)64-67-63(41-17-4-3-5-18-41)68-65(69-64)71-59-30-15-12-25-51(59)56-38-55-50-24-11-14-29-58(50)70(60(55)39-61(56)71)43-34-31-40(32-35-43)42-33-36-48-46-21-7-6-19-44(46)45-20-8-9-22-47(45)54(48)37-42/h3-39H,1-2H3. The average Bonchev–Trinajstić information content (AvgIpc) is 4.02. The second-order valence-corrected chi connectivity index (χ2v) is 19.5. The van der Waals surface area contributed by atoms with E-state index in [0.29, 0.717) is 17.6 Å². The van der Waals surface area contributed by atoms with Gasteiger partial charge in [0, 0.05) is 43.8 Å². The summed E-state index contributed by atoms with van der Waals surface area (Å²) < 4.78 is 4.67. The average molecular weight is 906 g/mol. The van der Waals surface area contributed by atoms with Crippen LogP contribution in [0, 0.1) is 0 Å². The Morgan fingerprint density at radius 1 is 0.310 bits per heavy atom. The van der Waals surface area contributed by atoms with Crippen molar-refractivity contribution < 1.29 is 0 Å². The molecule has 71 heavy (non-hydrogen) atoms. The van der Waals surface area contributed by atoms with Crippen LogP contribution in [0.4, 0.5) is 0 Å². The minimum absolute atomic E-state index is 0.258. The summed E-state index contributed by atoms with van der Waals surface area (Å²) in [5.41, 5.74) is 14.5. The molecule has 3 aromatic heterocycles. The van der Waals surface area contributed by atoms with Crippen LogP contribution in [0.1, 0.15) is 25.0 Å². The summed E-state index contributed by atoms with van der Waals surface area (Å²) >= 11 is 0. The van der Waals surface area contributed by atoms with Crippen LogP contribution in [0.3, 0.4) is 0 Å². The lowest BCUT2D eigenvalue weighted by Crippen LogP contribution is -2.17. The van der Waals surface area contributed by atoms with E-state index in [-0.39, 0.29) is 5.41 Å². The maximum atomic E-state index is 5.50. The lowest BCUT2D eigenvalue weighted by atomic mass is 9.80. The van der Waals surface area contributed by atoms with Gasteiger partial charge in [-0.05, 0) is 108 Å². The lowest BCUT2D eigenvalue weighted by molar-refractivity contribution is 0.661. The Morgan fingerprint density at radius 2 is 0.831 bits per heavy atom. The van der Waals surface area contributed by atoms with Gasteiger partial charge in [0.15, 0.2) is 11.6 Å². The van der Waals surface area contributed by atoms with Gasteiger partial charge in [-0.15, -0.1) is 0 Å². The molecule has 0 saturated heterocycles. The van der Waals surface area contributed by atoms with Crippen molar-refractivity contribution in [3.8, 4) is 56.7 Å². The first kappa shape index (κ1) is 39.8. The van der Waals surface area contributed by atoms with Gasteiger partial charge in [0.05, 0.1) is 22.1 Å². The fourth-order valence-electron chi connectivity index (χ4n) is 12.2. The molecule has 5 heteroatoms. The summed E-state index contributed by atoms with van der Waals surface area (Å²) in [6.45, 7) is 4.64. The molecule has 0 amide bonds. The molecule has 0 N–H and O–H groups in total. The topological polar surface area (TPSA) is 48.5 Å². The Bertz CT molecular complexity index is 4500. The van der Waals surface area contributed by atoms with Crippen LogP contribution < -0.4 is 0 Å². The van der Waals surface area contributed by atoms with Gasteiger partial charge in [0.1, 0.15) is 0 Å². The quantitative estimate of drug-likeness (QED) is 0.162. The van der Waals surface area contributed by atoms with E-state index in [1.807, 2.05) is 18.2 Å². The Balaban J connectivity index is 0.932. The Kier molecular flexibility index (Phi) is 8.35. The third-order valence-corrected chi connectivity index (χ3v) is 15.3. The van der Waals surface area contributed by atoms with E-state index in [4.69, 9.17) is 15.0 Å². The molecule has 5 nitrogen and oxygen atoms in total. The van der Waals surface area contributed by atoms with E-state index in [1.54, 1.807) is 0 Å². The second kappa shape index (κ2) is 14.9. The largest absolute Gasteiger partial charge is 0.309 e. The Morgan fingerprint density at radius 3 is 1.54 bits per heavy atom. The predicted octanol–water partition coefficient (Wildman–Crippen LogP) is 16.8. The first-order chi connectivity index (χ1) is 35.0. The van der Waals surface area contributed by atoms with Crippen LogP contribution in [-0.4, -0.2) is 24.1 Å². The Hall–Kier alpha value is -9.19. The molecule has 3 heterocycles. The first-order valence-electron chi connectivity index (χ1n) is 24.4. The zero-order chi connectivity index (χ0) is 47.0. The molecule has 0 radical (unpaired) electrons. The Labute approximate surface area is 409 Å². The molecule has 1 aliphatic carbocycles. The number of para-hydroxylation sites is 2. The minimum atomic E-state index is -0.258. The number of fused-ring (bicyclic) bond motifs is 15. The molecule has 332 valence electrons. The number of aromatic nitrogens is 5. The van der Waals surface area contributed by atoms with Crippen molar-refractivity contribution in [1.29, 1.82) is 0 Å². The smallest absolute Gasteiger partial charge is 0.238 e. The third kappa shape index (κ3) is 5.78. The molecule has 14 aromatic rings. The molecule has 0 atom stereocenters. The van der Waals surface area contributed by atoms with Crippen molar-refractivity contribution in [3.63, 3.8) is 0 Å². The van der Waals surface area contributed by atoms with Crippen molar-refractivity contribution in [2.45, 2.75) is 19.3 Å². The number of benzene rings is 11. The SMILES string of the molecule is CC1(C)c2ccccc2-c2cccc(-c3nc(-c4ccccc4)nc(-n4c5ccccc5c5cc6c7ccccc7n(-c7ccc(-c8ccc9c%10ccccc%10c%10ccccc%10c9c8)cc7)c6cc54)n3)c21. The minimum Gasteiger partial charge on any atom is -0.309 e. The molecule has 1 aliphatic rings. The molecule has 0 saturated carbocycles. The summed E-state index contributed by atoms with van der Waals surface area (Å²) in [5, 5.41) is 12.4. The number of hydrogen-bond acceptors (Lipinski definition) is 3. The molecule has 0 spiro atoms. The molecule has 0 unspecified atom stereocenters. The maximum absolute atomic E-state index is 5.50. The van der Waals surface area contributed by atoms with Gasteiger partial charge in [-0.1, -0.05) is 196 Å². The highest BCUT2D eigenvalue weighted by Crippen LogP contribution is 2.52. The third-order valence-electron chi connectivity index (χ3n) is 15.3. The first-order valence-corrected chi connectivity index (χ1v) is 24.4. The van der Waals surface area contributed by atoms with Crippen molar-refractivity contribution >= 4 is 75.9 Å². The summed E-state index contributed by atoms with van der Waals surface area (Å²) in [5.74, 6) is 1.86. The van der Waals surface area contributed by atoms with Gasteiger partial charge in [-0.25, -0.2) is 4.98 Å². The van der Waals surface area contributed by atoms with E-state index in [1.165, 1.54) is 76.5 Å². The van der Waals surface area contributed by atoms with Crippen LogP contribution >= 0.6 is 0 Å². The summed E-state index contributed by atoms with van der Waals surface area (Å²) in [6.07, 6.45) is 0. The highest BCUT2D eigenvalue weighted by atomic mass is 15.2. The molecular weight excluding hydrogens is 863 g/mol. The molecule has 0 fully saturated rings. The highest BCUT2D eigenvalue weighted by Gasteiger charge is 2.38. The van der Waals surface area contributed by atoms with Gasteiger partial charge >= 0.3 is 0 Å². The van der Waals surface area contributed by atoms with Gasteiger partial charge in [0.25, 0.3) is 0 Å². The van der Waals surface area contributed by atoms with Crippen LogP contribution in [-0.2, 0) is 5.41 Å². The van der Waals surface area contributed by atoms with E-state index < -0.39 is 0 Å². The van der Waals surface area contributed by atoms with Gasteiger partial charge in [-0.2, -0.15) is 9.97 Å². The zero-order valence-corrected chi connectivity index (χ0v) is 39.1. The van der Waals surface area contributed by atoms with Gasteiger partial charge in [-0.3, -0.25) is 4.57 Å². The zero-order valence-electron chi connectivity index (χ0n) is 39.1. The van der Waals surface area contributed by atoms with Gasteiger partial charge < -0.3 is 4.57 Å². The molecular formula is C66H43N5. The fraction of sp³-hybridized carbons (Fsp3) is 0.0455. The molecule has 0 aliphatic heterocycles. The van der Waals surface area contributed by atoms with Crippen molar-refractivity contribution in [1.82, 2.24) is 24.1 Å². The highest BCUT2D eigenvalue weighted by molar-refractivity contribution is 6.26.